The van der Waals surface area contributed by atoms with Gasteiger partial charge < -0.3 is 5.32 Å². The van der Waals surface area contributed by atoms with E-state index in [1.165, 1.54) is 18.2 Å². The van der Waals surface area contributed by atoms with Crippen LogP contribution in [0.4, 0.5) is 40.8 Å². The van der Waals surface area contributed by atoms with Crippen LogP contribution >= 0.6 is 11.6 Å². The van der Waals surface area contributed by atoms with Crippen LogP contribution in [0.5, 0.6) is 0 Å². The molecule has 34 heavy (non-hydrogen) atoms. The zero-order valence-corrected chi connectivity index (χ0v) is 17.8. The van der Waals surface area contributed by atoms with Gasteiger partial charge in [-0.15, -0.1) is 0 Å². The lowest BCUT2D eigenvalue weighted by atomic mass is 10.0. The van der Waals surface area contributed by atoms with Gasteiger partial charge in [0.1, 0.15) is 11.3 Å². The molecule has 0 spiro atoms. The van der Waals surface area contributed by atoms with E-state index in [9.17, 15) is 39.9 Å². The van der Waals surface area contributed by atoms with Crippen molar-refractivity contribution in [2.45, 2.75) is 24.7 Å². The first kappa shape index (κ1) is 25.5. The van der Waals surface area contributed by atoms with Crippen LogP contribution in [0.1, 0.15) is 32.9 Å². The van der Waals surface area contributed by atoms with Crippen molar-refractivity contribution in [2.75, 3.05) is 5.32 Å². The van der Waals surface area contributed by atoms with Gasteiger partial charge in [0.2, 0.25) is 0 Å². The minimum atomic E-state index is -6.36. The Kier molecular flexibility index (Phi) is 6.66. The molecule has 3 aromatic rings. The molecular formula is C21H14ClF8N3O. The predicted molar refractivity (Wildman–Crippen MR) is 107 cm³/mol. The number of amides is 1. The number of aromatic nitrogens is 2. The molecule has 0 saturated heterocycles. The summed E-state index contributed by atoms with van der Waals surface area (Å²) < 4.78 is 107. The Balaban J connectivity index is 2.01. The summed E-state index contributed by atoms with van der Waals surface area (Å²) in [7, 11) is 0.656. The van der Waals surface area contributed by atoms with Gasteiger partial charge in [0.25, 0.3) is 5.91 Å². The van der Waals surface area contributed by atoms with Crippen molar-refractivity contribution in [3.8, 4) is 0 Å². The van der Waals surface area contributed by atoms with Gasteiger partial charge in [-0.3, -0.25) is 9.48 Å². The third-order valence-electron chi connectivity index (χ3n) is 4.74. The Morgan fingerprint density at radius 3 is 2.18 bits per heavy atom. The smallest absolute Gasteiger partial charge is 0.321 e. The van der Waals surface area contributed by atoms with Crippen LogP contribution < -0.4 is 5.32 Å². The number of alkyl halides is 8. The van der Waals surface area contributed by atoms with E-state index in [1.807, 2.05) is 0 Å². The summed E-state index contributed by atoms with van der Waals surface area (Å²) in [6.07, 6.45) is -11.8. The third kappa shape index (κ3) is 5.01. The standard InChI is InChI=1S/C21H14ClF8N3O/c1-33-16(15(20(25,26)27)17(32-33)19(23,24)21(28,29)30)18(34)31-13-7-8-14(22)12(10-13)9-11-5-3-2-4-6-11/h2-8,10H,9H2,1H3,(H,31,34). The molecule has 1 N–H and O–H groups in total. The molecule has 0 saturated carbocycles. The molecule has 3 rings (SSSR count). The highest BCUT2D eigenvalue weighted by Crippen LogP contribution is 2.48. The molecule has 0 bridgehead atoms. The normalized spacial score (nSPS) is 12.6. The van der Waals surface area contributed by atoms with Gasteiger partial charge in [0, 0.05) is 17.8 Å². The van der Waals surface area contributed by atoms with E-state index >= 15 is 0 Å². The Bertz CT molecular complexity index is 1200. The number of carbonyl (C=O) groups excluding carboxylic acids is 1. The lowest BCUT2D eigenvalue weighted by Gasteiger charge is -2.19. The molecule has 1 amide bonds. The molecule has 13 heteroatoms. The summed E-state index contributed by atoms with van der Waals surface area (Å²) in [6, 6.07) is 12.8. The molecule has 0 atom stereocenters. The Morgan fingerprint density at radius 2 is 1.62 bits per heavy atom. The fraction of sp³-hybridized carbons (Fsp3) is 0.238. The van der Waals surface area contributed by atoms with Crippen LogP contribution in [0, 0.1) is 0 Å². The van der Waals surface area contributed by atoms with Crippen LogP contribution in [0.15, 0.2) is 48.5 Å². The zero-order chi connectivity index (χ0) is 25.5. The number of benzene rings is 2. The summed E-state index contributed by atoms with van der Waals surface area (Å²) in [5.41, 5.74) is -5.34. The highest BCUT2D eigenvalue weighted by molar-refractivity contribution is 6.31. The maximum absolute atomic E-state index is 13.8. The van der Waals surface area contributed by atoms with Gasteiger partial charge in [-0.2, -0.15) is 40.2 Å². The lowest BCUT2D eigenvalue weighted by Crippen LogP contribution is -2.36. The number of anilines is 1. The van der Waals surface area contributed by atoms with E-state index in [0.29, 0.717) is 19.0 Å². The number of carbonyl (C=O) groups is 1. The van der Waals surface area contributed by atoms with E-state index in [-0.39, 0.29) is 15.4 Å². The van der Waals surface area contributed by atoms with Gasteiger partial charge in [-0.05, 0) is 35.7 Å². The van der Waals surface area contributed by atoms with Crippen molar-refractivity contribution in [1.82, 2.24) is 9.78 Å². The molecule has 182 valence electrons. The quantitative estimate of drug-likeness (QED) is 0.393. The molecular weight excluding hydrogens is 498 g/mol. The number of halogens is 9. The van der Waals surface area contributed by atoms with Crippen molar-refractivity contribution in [1.29, 1.82) is 0 Å². The summed E-state index contributed by atoms with van der Waals surface area (Å²) >= 11 is 6.14. The average molecular weight is 512 g/mol. The average Bonchev–Trinajstić information content (AvgIpc) is 3.09. The maximum Gasteiger partial charge on any atom is 0.459 e. The summed E-state index contributed by atoms with van der Waals surface area (Å²) in [6.45, 7) is 0. The monoisotopic (exact) mass is 511 g/mol. The van der Waals surface area contributed by atoms with E-state index in [2.05, 4.69) is 10.4 Å². The summed E-state index contributed by atoms with van der Waals surface area (Å²) in [5.74, 6) is -7.53. The number of aryl methyl sites for hydroxylation is 1. The Hall–Kier alpha value is -3.15. The van der Waals surface area contributed by atoms with Crippen LogP contribution in [-0.2, 0) is 25.6 Å². The van der Waals surface area contributed by atoms with E-state index < -0.39 is 41.1 Å². The fourth-order valence-electron chi connectivity index (χ4n) is 3.20. The second-order valence-electron chi connectivity index (χ2n) is 7.19. The first-order chi connectivity index (χ1) is 15.6. The molecule has 0 aliphatic rings. The molecule has 2 aromatic carbocycles. The first-order valence-electron chi connectivity index (χ1n) is 9.36. The summed E-state index contributed by atoms with van der Waals surface area (Å²) in [4.78, 5) is 12.6. The van der Waals surface area contributed by atoms with E-state index in [1.54, 1.807) is 30.3 Å². The Labute approximate surface area is 192 Å². The Morgan fingerprint density at radius 1 is 1.00 bits per heavy atom. The minimum absolute atomic E-state index is 0.0357. The van der Waals surface area contributed by atoms with Crippen molar-refractivity contribution in [3.05, 3.63) is 81.6 Å². The van der Waals surface area contributed by atoms with E-state index in [0.717, 1.165) is 5.56 Å². The highest BCUT2D eigenvalue weighted by atomic mass is 35.5. The SMILES string of the molecule is Cn1nc(C(F)(F)C(F)(F)F)c(C(F)(F)F)c1C(=O)Nc1ccc(Cl)c(Cc2ccccc2)c1. The van der Waals surface area contributed by atoms with Crippen LogP contribution in [-0.4, -0.2) is 21.9 Å². The maximum atomic E-state index is 13.8. The topological polar surface area (TPSA) is 46.9 Å². The number of nitrogens with one attached hydrogen (secondary N) is 1. The van der Waals surface area contributed by atoms with Gasteiger partial charge in [0.05, 0.1) is 0 Å². The second-order valence-corrected chi connectivity index (χ2v) is 7.60. The van der Waals surface area contributed by atoms with Crippen molar-refractivity contribution < 1.29 is 39.9 Å². The molecule has 0 aliphatic carbocycles. The predicted octanol–water partition coefficient (Wildman–Crippen LogP) is 6.59. The fourth-order valence-corrected chi connectivity index (χ4v) is 3.39. The van der Waals surface area contributed by atoms with Crippen LogP contribution in [0.3, 0.4) is 0 Å². The number of hydrogen-bond acceptors (Lipinski definition) is 2. The van der Waals surface area contributed by atoms with Crippen LogP contribution in [0.25, 0.3) is 0 Å². The van der Waals surface area contributed by atoms with Crippen LogP contribution in [0.2, 0.25) is 5.02 Å². The molecule has 0 unspecified atom stereocenters. The largest absolute Gasteiger partial charge is 0.459 e. The van der Waals surface area contributed by atoms with Gasteiger partial charge in [-0.25, -0.2) is 0 Å². The lowest BCUT2D eigenvalue weighted by molar-refractivity contribution is -0.292. The first-order valence-corrected chi connectivity index (χ1v) is 9.73. The molecule has 1 aromatic heterocycles. The third-order valence-corrected chi connectivity index (χ3v) is 5.11. The number of rotatable bonds is 5. The molecule has 0 aliphatic heterocycles. The van der Waals surface area contributed by atoms with Crippen molar-refractivity contribution >= 4 is 23.2 Å². The van der Waals surface area contributed by atoms with Gasteiger partial charge in [0.15, 0.2) is 5.69 Å². The molecule has 0 radical (unpaired) electrons. The molecule has 4 nitrogen and oxygen atoms in total. The second kappa shape index (κ2) is 8.90. The minimum Gasteiger partial charge on any atom is -0.321 e. The highest BCUT2D eigenvalue weighted by Gasteiger charge is 2.64. The van der Waals surface area contributed by atoms with Crippen molar-refractivity contribution in [2.24, 2.45) is 7.05 Å². The zero-order valence-electron chi connectivity index (χ0n) is 17.0. The number of hydrogen-bond donors (Lipinski definition) is 1. The molecule has 0 fully saturated rings. The van der Waals surface area contributed by atoms with Gasteiger partial charge in [-0.1, -0.05) is 41.9 Å². The van der Waals surface area contributed by atoms with E-state index in [4.69, 9.17) is 11.6 Å². The van der Waals surface area contributed by atoms with Gasteiger partial charge >= 0.3 is 18.3 Å². The molecule has 1 heterocycles. The summed E-state index contributed by atoms with van der Waals surface area (Å²) in [5, 5.41) is 5.08. The number of nitrogens with zero attached hydrogens (tertiary/aromatic N) is 2. The van der Waals surface area contributed by atoms with Crippen molar-refractivity contribution in [3.63, 3.8) is 0 Å².